The third-order valence-corrected chi connectivity index (χ3v) is 9.09. The van der Waals surface area contributed by atoms with E-state index in [0.717, 1.165) is 32.7 Å². The molecule has 0 aliphatic carbocycles. The molecule has 0 radical (unpaired) electrons. The second kappa shape index (κ2) is 12.7. The molecule has 12 heteroatoms. The summed E-state index contributed by atoms with van der Waals surface area (Å²) < 4.78 is 8.06. The Morgan fingerprint density at radius 2 is 1.86 bits per heavy atom. The second-order valence-corrected chi connectivity index (χ2v) is 12.6. The molecule has 3 aromatic heterocycles. The lowest BCUT2D eigenvalue weighted by Crippen LogP contribution is -2.44. The first-order chi connectivity index (χ1) is 20.9. The fourth-order valence-corrected chi connectivity index (χ4v) is 6.09. The fraction of sp³-hybridized carbons (Fsp3) is 0.250. The minimum atomic E-state index is -1.02. The van der Waals surface area contributed by atoms with Gasteiger partial charge in [-0.3, -0.25) is 14.2 Å². The molecule has 0 unspecified atom stereocenters. The Bertz CT molecular complexity index is 1830. The zero-order valence-electron chi connectivity index (χ0n) is 24.5. The third-order valence-electron chi connectivity index (χ3n) is 7.62. The van der Waals surface area contributed by atoms with Gasteiger partial charge in [0.1, 0.15) is 39.9 Å². The number of hydrogen-bond acceptors (Lipinski definition) is 8. The minimum absolute atomic E-state index is 0.308. The zero-order valence-corrected chi connectivity index (χ0v) is 26.0. The smallest absolute Gasteiger partial charge is 0.321 e. The standard InChI is InChI=1S/C32H33ClN6O4S/c1-18(21-6-4-5-7-22(21)33)43-25-16-27(44-28(25)30(35)40)39-17-38-23-14-19(8-9-24(23)39)20-10-12-36-26(15-20)37-13-11-32(2,3)29(34)31(41)42/h4-10,12,14-18,29H,11,13,34H2,1-3H3,(H2,35,40)(H,36,37)(H,41,42)/t18-,29-/m1/s1. The number of imidazole rings is 1. The number of aromatic nitrogens is 3. The van der Waals surface area contributed by atoms with Crippen molar-refractivity contribution in [3.05, 3.63) is 88.7 Å². The molecule has 5 rings (SSSR count). The maximum Gasteiger partial charge on any atom is 0.321 e. The van der Waals surface area contributed by atoms with Crippen LogP contribution in [-0.4, -0.2) is 44.1 Å². The number of ether oxygens (including phenoxy) is 1. The number of nitrogens with zero attached hydrogens (tertiary/aromatic N) is 3. The molecule has 228 valence electrons. The van der Waals surface area contributed by atoms with E-state index in [4.69, 9.17) is 27.8 Å². The summed E-state index contributed by atoms with van der Waals surface area (Å²) >= 11 is 7.58. The van der Waals surface area contributed by atoms with Gasteiger partial charge in [0.05, 0.1) is 11.0 Å². The van der Waals surface area contributed by atoms with Gasteiger partial charge < -0.3 is 26.6 Å². The molecule has 0 aliphatic rings. The van der Waals surface area contributed by atoms with Gasteiger partial charge in [-0.15, -0.1) is 11.3 Å². The third kappa shape index (κ3) is 6.54. The number of carboxylic acid groups (broad SMARTS) is 1. The number of pyridine rings is 1. The van der Waals surface area contributed by atoms with Crippen LogP contribution in [0.3, 0.4) is 0 Å². The van der Waals surface area contributed by atoms with Gasteiger partial charge in [-0.25, -0.2) is 9.97 Å². The summed E-state index contributed by atoms with van der Waals surface area (Å²) in [6, 6.07) is 18.0. The molecular formula is C32H33ClN6O4S. The number of hydrogen-bond donors (Lipinski definition) is 4. The van der Waals surface area contributed by atoms with E-state index in [9.17, 15) is 14.7 Å². The Morgan fingerprint density at radius 3 is 2.59 bits per heavy atom. The second-order valence-electron chi connectivity index (χ2n) is 11.2. The molecule has 0 saturated carbocycles. The molecule has 0 saturated heterocycles. The van der Waals surface area contributed by atoms with Crippen LogP contribution in [0.1, 0.15) is 48.5 Å². The summed E-state index contributed by atoms with van der Waals surface area (Å²) in [7, 11) is 0. The number of aliphatic carboxylic acids is 1. The molecule has 44 heavy (non-hydrogen) atoms. The molecule has 0 fully saturated rings. The van der Waals surface area contributed by atoms with Gasteiger partial charge in [-0.2, -0.15) is 0 Å². The molecule has 6 N–H and O–H groups in total. The van der Waals surface area contributed by atoms with E-state index in [0.29, 0.717) is 34.4 Å². The van der Waals surface area contributed by atoms with Crippen molar-refractivity contribution in [2.45, 2.75) is 39.3 Å². The number of primary amides is 1. The summed E-state index contributed by atoms with van der Waals surface area (Å²) in [5, 5.41) is 13.8. The summed E-state index contributed by atoms with van der Waals surface area (Å²) in [5.74, 6) is -0.542. The Balaban J connectivity index is 1.35. The normalized spacial score (nSPS) is 13.0. The number of carboxylic acids is 1. The van der Waals surface area contributed by atoms with Crippen molar-refractivity contribution < 1.29 is 19.4 Å². The zero-order chi connectivity index (χ0) is 31.6. The van der Waals surface area contributed by atoms with Crippen molar-refractivity contribution in [3.63, 3.8) is 0 Å². The van der Waals surface area contributed by atoms with Gasteiger partial charge in [0.25, 0.3) is 5.91 Å². The highest BCUT2D eigenvalue weighted by molar-refractivity contribution is 7.16. The number of benzene rings is 2. The van der Waals surface area contributed by atoms with E-state index in [-0.39, 0.29) is 0 Å². The maximum absolute atomic E-state index is 12.3. The molecule has 0 spiro atoms. The molecule has 2 atom stereocenters. The largest absolute Gasteiger partial charge is 0.484 e. The molecular weight excluding hydrogens is 600 g/mol. The monoisotopic (exact) mass is 632 g/mol. The Labute approximate surface area is 263 Å². The number of rotatable bonds is 12. The first-order valence-corrected chi connectivity index (χ1v) is 15.1. The number of nitrogens with one attached hydrogen (secondary N) is 1. The Kier molecular flexibility index (Phi) is 8.91. The van der Waals surface area contributed by atoms with Crippen molar-refractivity contribution >= 4 is 51.7 Å². The van der Waals surface area contributed by atoms with E-state index in [1.54, 1.807) is 24.7 Å². The summed E-state index contributed by atoms with van der Waals surface area (Å²) in [6.07, 6.45) is 3.58. The van der Waals surface area contributed by atoms with Crippen molar-refractivity contribution in [2.75, 3.05) is 11.9 Å². The molecule has 1 amide bonds. The molecule has 0 aliphatic heterocycles. The number of carbonyl (C=O) groups excluding carboxylic acids is 1. The maximum atomic E-state index is 12.3. The summed E-state index contributed by atoms with van der Waals surface area (Å²) in [4.78, 5) is 33.0. The number of fused-ring (bicyclic) bond motifs is 1. The number of anilines is 1. The van der Waals surface area contributed by atoms with E-state index in [2.05, 4.69) is 15.3 Å². The predicted molar refractivity (Wildman–Crippen MR) is 174 cm³/mol. The van der Waals surface area contributed by atoms with Gasteiger partial charge in [0, 0.05) is 29.4 Å². The quantitative estimate of drug-likeness (QED) is 0.125. The van der Waals surface area contributed by atoms with E-state index in [1.165, 1.54) is 11.3 Å². The summed E-state index contributed by atoms with van der Waals surface area (Å²) in [5.41, 5.74) is 15.3. The van der Waals surface area contributed by atoms with E-state index in [1.807, 2.05) is 73.9 Å². The van der Waals surface area contributed by atoms with Crippen LogP contribution in [-0.2, 0) is 4.79 Å². The predicted octanol–water partition coefficient (Wildman–Crippen LogP) is 6.28. The number of halogens is 1. The molecule has 3 heterocycles. The highest BCUT2D eigenvalue weighted by Gasteiger charge is 2.31. The van der Waals surface area contributed by atoms with Crippen LogP contribution in [0.4, 0.5) is 5.82 Å². The van der Waals surface area contributed by atoms with Crippen LogP contribution in [0.2, 0.25) is 5.02 Å². The number of nitrogens with two attached hydrogens (primary N) is 2. The number of amides is 1. The highest BCUT2D eigenvalue weighted by atomic mass is 35.5. The van der Waals surface area contributed by atoms with Crippen molar-refractivity contribution in [1.29, 1.82) is 0 Å². The topological polar surface area (TPSA) is 158 Å². The van der Waals surface area contributed by atoms with E-state index < -0.39 is 29.4 Å². The van der Waals surface area contributed by atoms with Gasteiger partial charge >= 0.3 is 5.97 Å². The first kappa shape index (κ1) is 31.0. The minimum Gasteiger partial charge on any atom is -0.484 e. The molecule has 10 nitrogen and oxygen atoms in total. The van der Waals surface area contributed by atoms with E-state index >= 15 is 0 Å². The Hall–Kier alpha value is -4.45. The molecule has 0 bridgehead atoms. The van der Waals surface area contributed by atoms with Gasteiger partial charge in [-0.05, 0) is 60.2 Å². The first-order valence-electron chi connectivity index (χ1n) is 14.0. The van der Waals surface area contributed by atoms with Gasteiger partial charge in [0.15, 0.2) is 0 Å². The fourth-order valence-electron chi connectivity index (χ4n) is 4.88. The molecule has 5 aromatic rings. The van der Waals surface area contributed by atoms with Crippen LogP contribution < -0.4 is 21.5 Å². The number of carbonyl (C=O) groups is 2. The molecule has 2 aromatic carbocycles. The van der Waals surface area contributed by atoms with Crippen LogP contribution in [0.25, 0.3) is 27.2 Å². The average Bonchev–Trinajstić information content (AvgIpc) is 3.61. The SMILES string of the molecule is C[C@@H](Oc1cc(-n2cnc3cc(-c4ccnc(NCCC(C)(C)[C@H](N)C(=O)O)c4)ccc32)sc1C(N)=O)c1ccccc1Cl. The lowest BCUT2D eigenvalue weighted by Gasteiger charge is -2.28. The Morgan fingerprint density at radius 1 is 1.11 bits per heavy atom. The highest BCUT2D eigenvalue weighted by Crippen LogP contribution is 2.37. The van der Waals surface area contributed by atoms with Crippen LogP contribution in [0.15, 0.2) is 73.2 Å². The van der Waals surface area contributed by atoms with Gasteiger partial charge in [0.2, 0.25) is 0 Å². The average molecular weight is 633 g/mol. The summed E-state index contributed by atoms with van der Waals surface area (Å²) in [6.45, 7) is 6.06. The number of thiophene rings is 1. The van der Waals surface area contributed by atoms with Crippen molar-refractivity contribution in [1.82, 2.24) is 14.5 Å². The van der Waals surface area contributed by atoms with Crippen LogP contribution in [0.5, 0.6) is 5.75 Å². The lowest BCUT2D eigenvalue weighted by atomic mass is 9.81. The van der Waals surface area contributed by atoms with Gasteiger partial charge in [-0.1, -0.05) is 49.7 Å². The van der Waals surface area contributed by atoms with Crippen LogP contribution >= 0.6 is 22.9 Å². The lowest BCUT2D eigenvalue weighted by molar-refractivity contribution is -0.141. The van der Waals surface area contributed by atoms with Crippen LogP contribution in [0, 0.1) is 5.41 Å². The van der Waals surface area contributed by atoms with Crippen molar-refractivity contribution in [3.8, 4) is 21.9 Å². The van der Waals surface area contributed by atoms with Crippen molar-refractivity contribution in [2.24, 2.45) is 16.9 Å².